The molecule has 0 aliphatic heterocycles. The van der Waals surface area contributed by atoms with Crippen LogP contribution in [0.2, 0.25) is 0 Å². The molecule has 2 nitrogen and oxygen atoms in total. The van der Waals surface area contributed by atoms with E-state index in [1.165, 1.54) is 6.07 Å². The summed E-state index contributed by atoms with van der Waals surface area (Å²) >= 11 is 0. The van der Waals surface area contributed by atoms with Crippen molar-refractivity contribution in [2.45, 2.75) is 70.6 Å². The van der Waals surface area contributed by atoms with Gasteiger partial charge >= 0.3 is 6.18 Å². The Kier molecular flexibility index (Phi) is 4.11. The fraction of sp³-hybridized carbons (Fsp3) is 0.647. The zero-order valence-corrected chi connectivity index (χ0v) is 13.9. The maximum Gasteiger partial charge on any atom is 0.398 e. The number of halogens is 4. The predicted octanol–water partition coefficient (Wildman–Crippen LogP) is 5.43. The molecule has 1 N–H and O–H groups in total. The van der Waals surface area contributed by atoms with Gasteiger partial charge in [0.05, 0.1) is 5.41 Å². The molecule has 130 valence electrons. The summed E-state index contributed by atoms with van der Waals surface area (Å²) in [6, 6.07) is 1.25. The minimum Gasteiger partial charge on any atom is -0.505 e. The molecule has 1 fully saturated rings. The van der Waals surface area contributed by atoms with Crippen molar-refractivity contribution in [3.05, 3.63) is 23.0 Å². The summed E-state index contributed by atoms with van der Waals surface area (Å²) in [5, 5.41) is 10.0. The van der Waals surface area contributed by atoms with Gasteiger partial charge < -0.3 is 9.84 Å². The van der Waals surface area contributed by atoms with E-state index in [1.807, 2.05) is 0 Å². The van der Waals surface area contributed by atoms with E-state index >= 15 is 0 Å². The van der Waals surface area contributed by atoms with Gasteiger partial charge in [-0.3, -0.25) is 0 Å². The normalized spacial score (nSPS) is 17.5. The Morgan fingerprint density at radius 3 is 2.04 bits per heavy atom. The molecular formula is C17H22F4O2. The van der Waals surface area contributed by atoms with Crippen LogP contribution in [-0.4, -0.2) is 16.9 Å². The van der Waals surface area contributed by atoms with Gasteiger partial charge in [0.15, 0.2) is 11.5 Å². The van der Waals surface area contributed by atoms with Gasteiger partial charge in [-0.15, -0.1) is 0 Å². The smallest absolute Gasteiger partial charge is 0.398 e. The lowest BCUT2D eigenvalue weighted by Crippen LogP contribution is -2.32. The zero-order valence-electron chi connectivity index (χ0n) is 13.9. The number of rotatable bonds is 3. The molecule has 1 aliphatic rings. The van der Waals surface area contributed by atoms with Gasteiger partial charge in [0.25, 0.3) is 0 Å². The van der Waals surface area contributed by atoms with Crippen molar-refractivity contribution < 1.29 is 27.4 Å². The van der Waals surface area contributed by atoms with E-state index in [2.05, 4.69) is 0 Å². The van der Waals surface area contributed by atoms with Crippen LogP contribution in [0.5, 0.6) is 11.5 Å². The fourth-order valence-electron chi connectivity index (χ4n) is 2.67. The number of hydrogen-bond donors (Lipinski definition) is 1. The van der Waals surface area contributed by atoms with E-state index in [-0.39, 0.29) is 29.9 Å². The second kappa shape index (κ2) is 5.28. The van der Waals surface area contributed by atoms with Gasteiger partial charge in [-0.25, -0.2) is 0 Å². The van der Waals surface area contributed by atoms with Gasteiger partial charge in [0.1, 0.15) is 5.60 Å². The highest BCUT2D eigenvalue weighted by Crippen LogP contribution is 2.62. The van der Waals surface area contributed by atoms with Crippen molar-refractivity contribution in [1.82, 2.24) is 0 Å². The molecule has 23 heavy (non-hydrogen) atoms. The molecule has 0 bridgehead atoms. The van der Waals surface area contributed by atoms with Gasteiger partial charge in [-0.1, -0.05) is 13.8 Å². The summed E-state index contributed by atoms with van der Waals surface area (Å²) in [6.07, 6.45) is -4.68. The minimum absolute atomic E-state index is 0.0985. The van der Waals surface area contributed by atoms with E-state index in [1.54, 1.807) is 34.6 Å². The fourth-order valence-corrected chi connectivity index (χ4v) is 2.67. The quantitative estimate of drug-likeness (QED) is 0.747. The average Bonchev–Trinajstić information content (AvgIpc) is 3.14. The van der Waals surface area contributed by atoms with Crippen molar-refractivity contribution in [3.8, 4) is 11.5 Å². The molecule has 0 heterocycles. The highest BCUT2D eigenvalue weighted by Gasteiger charge is 2.65. The molecule has 0 spiro atoms. The second-order valence-corrected chi connectivity index (χ2v) is 7.45. The molecule has 1 aliphatic carbocycles. The largest absolute Gasteiger partial charge is 0.505 e. The lowest BCUT2D eigenvalue weighted by molar-refractivity contribution is -0.161. The highest BCUT2D eigenvalue weighted by atomic mass is 19.4. The molecule has 0 aromatic heterocycles. The van der Waals surface area contributed by atoms with Gasteiger partial charge in [0.2, 0.25) is 5.82 Å². The summed E-state index contributed by atoms with van der Waals surface area (Å²) in [5.41, 5.74) is -3.01. The lowest BCUT2D eigenvalue weighted by atomic mass is 9.89. The minimum atomic E-state index is -4.49. The summed E-state index contributed by atoms with van der Waals surface area (Å²) in [5.74, 6) is -2.55. The Labute approximate surface area is 133 Å². The Morgan fingerprint density at radius 1 is 1.17 bits per heavy atom. The van der Waals surface area contributed by atoms with Gasteiger partial charge in [-0.05, 0) is 45.6 Å². The van der Waals surface area contributed by atoms with Crippen LogP contribution in [0, 0.1) is 5.82 Å². The van der Waals surface area contributed by atoms with Crippen LogP contribution in [-0.2, 0) is 5.41 Å². The number of aromatic hydroxyl groups is 1. The van der Waals surface area contributed by atoms with Gasteiger partial charge in [-0.2, -0.15) is 17.6 Å². The van der Waals surface area contributed by atoms with Crippen LogP contribution in [0.4, 0.5) is 17.6 Å². The lowest BCUT2D eigenvalue weighted by Gasteiger charge is -2.29. The van der Waals surface area contributed by atoms with Crippen molar-refractivity contribution in [2.75, 3.05) is 0 Å². The predicted molar refractivity (Wildman–Crippen MR) is 79.5 cm³/mol. The maximum absolute atomic E-state index is 14.6. The molecule has 1 saturated carbocycles. The average molecular weight is 334 g/mol. The summed E-state index contributed by atoms with van der Waals surface area (Å²) in [7, 11) is 0. The Balaban J connectivity index is 2.72. The third kappa shape index (κ3) is 3.12. The summed E-state index contributed by atoms with van der Waals surface area (Å²) in [6.45, 7) is 8.25. The first-order valence-corrected chi connectivity index (χ1v) is 7.62. The SMILES string of the molecule is CC(C)c1cc(C2(C(F)(F)F)CC2)c(OC(C)(C)C)c(F)c1O. The van der Waals surface area contributed by atoms with Crippen molar-refractivity contribution in [3.63, 3.8) is 0 Å². The number of phenols is 1. The third-order valence-electron chi connectivity index (χ3n) is 4.06. The van der Waals surface area contributed by atoms with E-state index in [0.717, 1.165) is 0 Å². The van der Waals surface area contributed by atoms with E-state index in [0.29, 0.717) is 0 Å². The molecule has 0 amide bonds. The first-order valence-electron chi connectivity index (χ1n) is 7.62. The van der Waals surface area contributed by atoms with E-state index < -0.39 is 34.5 Å². The van der Waals surface area contributed by atoms with Gasteiger partial charge in [0, 0.05) is 11.1 Å². The summed E-state index contributed by atoms with van der Waals surface area (Å²) in [4.78, 5) is 0. The molecule has 1 aromatic carbocycles. The topological polar surface area (TPSA) is 29.5 Å². The first-order chi connectivity index (χ1) is 10.3. The Hall–Kier alpha value is -1.46. The van der Waals surface area contributed by atoms with Crippen LogP contribution >= 0.6 is 0 Å². The zero-order chi connectivity index (χ0) is 17.8. The highest BCUT2D eigenvalue weighted by molar-refractivity contribution is 5.54. The van der Waals surface area contributed by atoms with Crippen molar-refractivity contribution in [1.29, 1.82) is 0 Å². The molecule has 6 heteroatoms. The molecule has 2 rings (SSSR count). The molecule has 1 aromatic rings. The van der Waals surface area contributed by atoms with E-state index in [4.69, 9.17) is 4.74 Å². The van der Waals surface area contributed by atoms with Crippen LogP contribution in [0.25, 0.3) is 0 Å². The maximum atomic E-state index is 14.6. The molecule has 0 saturated heterocycles. The third-order valence-corrected chi connectivity index (χ3v) is 4.06. The summed E-state index contributed by atoms with van der Waals surface area (Å²) < 4.78 is 60.6. The molecule has 0 atom stereocenters. The Bertz CT molecular complexity index is 608. The van der Waals surface area contributed by atoms with Crippen LogP contribution in [0.15, 0.2) is 6.07 Å². The Morgan fingerprint density at radius 2 is 1.70 bits per heavy atom. The van der Waals surface area contributed by atoms with E-state index in [9.17, 15) is 22.7 Å². The van der Waals surface area contributed by atoms with Crippen LogP contribution in [0.1, 0.15) is 64.5 Å². The molecular weight excluding hydrogens is 312 g/mol. The first kappa shape index (κ1) is 17.9. The molecule has 0 radical (unpaired) electrons. The number of phenolic OH excluding ortho intramolecular Hbond substituents is 1. The molecule has 0 unspecified atom stereocenters. The second-order valence-electron chi connectivity index (χ2n) is 7.45. The van der Waals surface area contributed by atoms with Crippen molar-refractivity contribution >= 4 is 0 Å². The van der Waals surface area contributed by atoms with Crippen LogP contribution in [0.3, 0.4) is 0 Å². The number of hydrogen-bond acceptors (Lipinski definition) is 2. The monoisotopic (exact) mass is 334 g/mol. The van der Waals surface area contributed by atoms with Crippen LogP contribution < -0.4 is 4.74 Å². The number of ether oxygens (including phenoxy) is 1. The standard InChI is InChI=1S/C17H22F4O2/c1-9(2)10-8-11(16(6-7-16)17(19,20)21)14(12(18)13(10)22)23-15(3,4)5/h8-9,22H,6-7H2,1-5H3. The van der Waals surface area contributed by atoms with Crippen molar-refractivity contribution in [2.24, 2.45) is 0 Å². The number of alkyl halides is 3. The number of benzene rings is 1.